The number of likely N-dealkylation sites (tertiary alicyclic amines) is 1. The second kappa shape index (κ2) is 10.0. The van der Waals surface area contributed by atoms with Crippen LogP contribution in [0.25, 0.3) is 33.6 Å². The number of rotatable bonds is 6. The number of ether oxygens (including phenoxy) is 1. The molecule has 8 rings (SSSR count). The van der Waals surface area contributed by atoms with Gasteiger partial charge in [-0.05, 0) is 55.2 Å². The number of carbonyl (C=O) groups is 1. The largest absolute Gasteiger partial charge is 0.494 e. The number of hydrogen-bond donors (Lipinski definition) is 1. The Morgan fingerprint density at radius 1 is 1.11 bits per heavy atom. The van der Waals surface area contributed by atoms with Crippen LogP contribution in [0.1, 0.15) is 29.0 Å². The van der Waals surface area contributed by atoms with Crippen LogP contribution in [0.15, 0.2) is 48.8 Å². The van der Waals surface area contributed by atoms with Crippen LogP contribution in [0.3, 0.4) is 0 Å². The van der Waals surface area contributed by atoms with Crippen LogP contribution in [0.2, 0.25) is 0 Å². The zero-order chi connectivity index (χ0) is 30.1. The van der Waals surface area contributed by atoms with Crippen molar-refractivity contribution >= 4 is 33.8 Å². The average Bonchev–Trinajstić information content (AvgIpc) is 3.77. The van der Waals surface area contributed by atoms with Crippen molar-refractivity contribution in [3.05, 3.63) is 60.2 Å². The van der Waals surface area contributed by atoms with Crippen molar-refractivity contribution in [3.63, 3.8) is 0 Å². The third kappa shape index (κ3) is 4.03. The number of fused-ring (bicyclic) bond motifs is 4. The predicted molar refractivity (Wildman–Crippen MR) is 164 cm³/mol. The first kappa shape index (κ1) is 26.6. The molecular formula is C32H32N10O2. The molecule has 12 heteroatoms. The van der Waals surface area contributed by atoms with Gasteiger partial charge >= 0.3 is 0 Å². The molecule has 2 saturated heterocycles. The highest BCUT2D eigenvalue weighted by atomic mass is 16.5. The van der Waals surface area contributed by atoms with Gasteiger partial charge in [-0.3, -0.25) is 4.79 Å². The molecule has 2 bridgehead atoms. The lowest BCUT2D eigenvalue weighted by Gasteiger charge is -2.40. The lowest BCUT2D eigenvalue weighted by atomic mass is 9.99. The summed E-state index contributed by atoms with van der Waals surface area (Å²) in [4.78, 5) is 36.0. The van der Waals surface area contributed by atoms with Crippen LogP contribution >= 0.6 is 0 Å². The highest BCUT2D eigenvalue weighted by Gasteiger charge is 2.47. The zero-order valence-electron chi connectivity index (χ0n) is 24.6. The molecule has 0 radical (unpaired) electrons. The Hall–Kier alpha value is -5.02. The second-order valence-electron chi connectivity index (χ2n) is 12.2. The molecule has 6 heterocycles. The van der Waals surface area contributed by atoms with Gasteiger partial charge in [0.05, 0.1) is 18.3 Å². The number of hydrogen-bond acceptors (Lipinski definition) is 9. The molecule has 5 aromatic rings. The first-order valence-corrected chi connectivity index (χ1v) is 15.0. The number of benzene rings is 1. The fraction of sp³-hybridized carbons (Fsp3) is 0.375. The van der Waals surface area contributed by atoms with Crippen molar-refractivity contribution in [1.29, 1.82) is 5.26 Å². The Labute approximate surface area is 253 Å². The average molecular weight is 589 g/mol. The summed E-state index contributed by atoms with van der Waals surface area (Å²) in [5.41, 5.74) is 10.4. The van der Waals surface area contributed by atoms with E-state index in [-0.39, 0.29) is 23.8 Å². The minimum Gasteiger partial charge on any atom is -0.494 e. The number of pyridine rings is 1. The van der Waals surface area contributed by atoms with Crippen molar-refractivity contribution in [2.75, 3.05) is 31.6 Å². The summed E-state index contributed by atoms with van der Waals surface area (Å²) in [5.74, 6) is 2.97. The molecule has 1 saturated carbocycles. The molecular weight excluding hydrogens is 556 g/mol. The number of nitrogens with two attached hydrogens (primary N) is 1. The van der Waals surface area contributed by atoms with E-state index in [4.69, 9.17) is 15.5 Å². The maximum atomic E-state index is 13.8. The fourth-order valence-corrected chi connectivity index (χ4v) is 7.42. The first-order valence-electron chi connectivity index (χ1n) is 15.0. The van der Waals surface area contributed by atoms with Crippen LogP contribution < -0.4 is 15.4 Å². The van der Waals surface area contributed by atoms with Crippen LogP contribution in [0.4, 0.5) is 5.82 Å². The van der Waals surface area contributed by atoms with Gasteiger partial charge in [0.25, 0.3) is 5.91 Å². The maximum Gasteiger partial charge on any atom is 0.254 e. The van der Waals surface area contributed by atoms with Crippen molar-refractivity contribution in [3.8, 4) is 23.3 Å². The van der Waals surface area contributed by atoms with Crippen LogP contribution in [0, 0.1) is 23.2 Å². The van der Waals surface area contributed by atoms with E-state index < -0.39 is 0 Å². The number of methoxy groups -OCH3 is 1. The fourth-order valence-electron chi connectivity index (χ4n) is 7.42. The molecule has 1 amide bonds. The SMILES string of the molecule is COc1cc(C(=O)N2CC3CCC2[C@@H]3N)cc2nc(-c3cc4cccnc4n3C)n(CC3CN(c4ccnc(C#N)n4)C3)c12. The number of nitriles is 1. The van der Waals surface area contributed by atoms with E-state index in [1.165, 1.54) is 0 Å². The van der Waals surface area contributed by atoms with Crippen LogP contribution in [-0.4, -0.2) is 78.7 Å². The quantitative estimate of drug-likeness (QED) is 0.317. The van der Waals surface area contributed by atoms with E-state index in [1.807, 2.05) is 48.3 Å². The Bertz CT molecular complexity index is 1980. The topological polar surface area (TPSA) is 144 Å². The van der Waals surface area contributed by atoms with Gasteiger partial charge in [0, 0.05) is 74.6 Å². The lowest BCUT2D eigenvalue weighted by Crippen LogP contribution is -2.49. The molecule has 3 fully saturated rings. The lowest BCUT2D eigenvalue weighted by molar-refractivity contribution is 0.0700. The van der Waals surface area contributed by atoms with Gasteiger partial charge in [0.15, 0.2) is 5.82 Å². The summed E-state index contributed by atoms with van der Waals surface area (Å²) in [7, 11) is 3.64. The molecule has 2 aliphatic heterocycles. The normalized spacial score (nSPS) is 21.3. The van der Waals surface area contributed by atoms with E-state index in [2.05, 4.69) is 35.1 Å². The van der Waals surface area contributed by atoms with E-state index in [1.54, 1.807) is 19.5 Å². The molecule has 2 unspecified atom stereocenters. The van der Waals surface area contributed by atoms with Crippen molar-refractivity contribution < 1.29 is 9.53 Å². The van der Waals surface area contributed by atoms with Crippen molar-refractivity contribution in [2.45, 2.75) is 31.5 Å². The minimum absolute atomic E-state index is 0.0195. The number of carbonyl (C=O) groups excluding carboxylic acids is 1. The zero-order valence-corrected chi connectivity index (χ0v) is 24.6. The van der Waals surface area contributed by atoms with Gasteiger partial charge in [-0.1, -0.05) is 0 Å². The Kier molecular flexibility index (Phi) is 6.06. The van der Waals surface area contributed by atoms with E-state index in [0.29, 0.717) is 41.8 Å². The molecule has 2 N–H and O–H groups in total. The molecule has 0 spiro atoms. The summed E-state index contributed by atoms with van der Waals surface area (Å²) in [6.45, 7) is 2.93. The van der Waals surface area contributed by atoms with Crippen molar-refractivity contribution in [1.82, 2.24) is 34.0 Å². The van der Waals surface area contributed by atoms with E-state index in [0.717, 1.165) is 59.8 Å². The smallest absolute Gasteiger partial charge is 0.254 e. The number of aryl methyl sites for hydroxylation is 1. The second-order valence-corrected chi connectivity index (χ2v) is 12.2. The number of nitrogens with zero attached hydrogens (tertiary/aromatic N) is 9. The van der Waals surface area contributed by atoms with Gasteiger partial charge in [-0.25, -0.2) is 19.9 Å². The number of piperidine rings is 1. The minimum atomic E-state index is -0.0195. The third-order valence-corrected chi connectivity index (χ3v) is 9.67. The monoisotopic (exact) mass is 588 g/mol. The molecule has 1 aromatic carbocycles. The van der Waals surface area contributed by atoms with Crippen molar-refractivity contribution in [2.24, 2.45) is 24.6 Å². The van der Waals surface area contributed by atoms with E-state index >= 15 is 0 Å². The third-order valence-electron chi connectivity index (χ3n) is 9.67. The Morgan fingerprint density at radius 3 is 2.70 bits per heavy atom. The highest BCUT2D eigenvalue weighted by Crippen LogP contribution is 2.40. The molecule has 12 nitrogen and oxygen atoms in total. The molecule has 3 atom stereocenters. The number of amides is 1. The standard InChI is InChI=1S/C32H32N10O2/c1-39-24(11-19-4-3-8-36-30(19)39)31-37-22-10-21(32(43)41-17-20-5-6-23(41)28(20)34)12-25(44-2)29(22)42(31)16-18-14-40(15-18)27-7-9-35-26(13-33)38-27/h3-4,7-12,18,20,23,28H,5-6,14-17,34H2,1-2H3/t20?,23?,28-/m1/s1. The van der Waals surface area contributed by atoms with Gasteiger partial charge in [-0.2, -0.15) is 5.26 Å². The summed E-state index contributed by atoms with van der Waals surface area (Å²) in [6.07, 6.45) is 5.45. The summed E-state index contributed by atoms with van der Waals surface area (Å²) >= 11 is 0. The molecule has 44 heavy (non-hydrogen) atoms. The molecule has 3 aliphatic rings. The van der Waals surface area contributed by atoms with Crippen LogP contribution in [-0.2, 0) is 13.6 Å². The van der Waals surface area contributed by atoms with Gasteiger partial charge in [0.1, 0.15) is 28.8 Å². The number of aromatic nitrogens is 6. The molecule has 4 aromatic heterocycles. The van der Waals surface area contributed by atoms with Gasteiger partial charge in [0.2, 0.25) is 5.82 Å². The van der Waals surface area contributed by atoms with Gasteiger partial charge < -0.3 is 29.4 Å². The maximum absolute atomic E-state index is 13.8. The summed E-state index contributed by atoms with van der Waals surface area (Å²) in [6, 6.07) is 13.8. The molecule has 1 aliphatic carbocycles. The van der Waals surface area contributed by atoms with Crippen LogP contribution in [0.5, 0.6) is 5.75 Å². The van der Waals surface area contributed by atoms with Gasteiger partial charge in [-0.15, -0.1) is 0 Å². The number of anilines is 1. The highest BCUT2D eigenvalue weighted by molar-refractivity contribution is 6.00. The first-order chi connectivity index (χ1) is 21.4. The molecule has 222 valence electrons. The van der Waals surface area contributed by atoms with E-state index in [9.17, 15) is 10.1 Å². The Balaban J connectivity index is 1.19. The number of imidazole rings is 1. The Morgan fingerprint density at radius 2 is 1.98 bits per heavy atom. The summed E-state index contributed by atoms with van der Waals surface area (Å²) < 4.78 is 10.2. The summed E-state index contributed by atoms with van der Waals surface area (Å²) in [5, 5.41) is 10.3. The predicted octanol–water partition coefficient (Wildman–Crippen LogP) is 2.96.